The summed E-state index contributed by atoms with van der Waals surface area (Å²) in [5.41, 5.74) is 7.00. The number of nitrogens with two attached hydrogens (primary N) is 1. The van der Waals surface area contributed by atoms with E-state index < -0.39 is 5.91 Å². The third kappa shape index (κ3) is 5.08. The van der Waals surface area contributed by atoms with E-state index in [1.54, 1.807) is 0 Å². The predicted octanol–water partition coefficient (Wildman–Crippen LogP) is 3.33. The number of aromatic hydroxyl groups is 1. The number of phenolic OH excluding ortho intramolecular Hbond substituents is 1. The molecule has 3 aromatic carbocycles. The van der Waals surface area contributed by atoms with Crippen molar-refractivity contribution in [3.05, 3.63) is 76.3 Å². The maximum Gasteiger partial charge on any atom is 0.248 e. The van der Waals surface area contributed by atoms with Gasteiger partial charge in [0.05, 0.1) is 5.02 Å². The third-order valence-corrected chi connectivity index (χ3v) is 3.95. The van der Waals surface area contributed by atoms with Crippen LogP contribution in [0.1, 0.15) is 21.5 Å². The van der Waals surface area contributed by atoms with Crippen LogP contribution in [-0.4, -0.2) is 28.9 Å². The van der Waals surface area contributed by atoms with Gasteiger partial charge < -0.3 is 21.4 Å². The highest BCUT2D eigenvalue weighted by Gasteiger charge is 2.03. The molecule has 0 atom stereocenters. The fourth-order valence-electron chi connectivity index (χ4n) is 2.35. The number of nitrogens with one attached hydrogen (secondary N) is 1. The molecule has 6 heteroatoms. The number of carbonyl (C=O) groups excluding carboxylic acids is 1. The molecule has 0 unspecified atom stereocenters. The van der Waals surface area contributed by atoms with Crippen molar-refractivity contribution in [1.82, 2.24) is 0 Å². The minimum absolute atomic E-state index is 0.0586. The highest BCUT2D eigenvalue weighted by Crippen LogP contribution is 2.23. The number of primary amides is 1. The van der Waals surface area contributed by atoms with Gasteiger partial charge in [0.2, 0.25) is 5.91 Å². The van der Waals surface area contributed by atoms with E-state index in [0.717, 1.165) is 21.9 Å². The zero-order valence-electron chi connectivity index (χ0n) is 14.2. The number of halogens is 1. The number of rotatable bonds is 2. The van der Waals surface area contributed by atoms with Gasteiger partial charge in [-0.1, -0.05) is 53.8 Å². The lowest BCUT2D eigenvalue weighted by molar-refractivity contribution is 0.100. The number of hydrogen-bond acceptors (Lipinski definition) is 4. The average Bonchev–Trinajstić information content (AvgIpc) is 2.68. The Morgan fingerprint density at radius 2 is 1.85 bits per heavy atom. The molecule has 0 heterocycles. The van der Waals surface area contributed by atoms with Crippen LogP contribution in [0, 0.1) is 17.3 Å². The summed E-state index contributed by atoms with van der Waals surface area (Å²) in [7, 11) is 0. The molecule has 0 aliphatic rings. The van der Waals surface area contributed by atoms with E-state index in [4.69, 9.17) is 33.0 Å². The zero-order chi connectivity index (χ0) is 19.8. The van der Waals surface area contributed by atoms with Crippen LogP contribution in [0.4, 0.5) is 0 Å². The molecule has 0 bridgehead atoms. The van der Waals surface area contributed by atoms with Crippen LogP contribution >= 0.6 is 11.6 Å². The average molecular weight is 381 g/mol. The number of amides is 1. The number of benzene rings is 3. The number of fused-ring (bicyclic) bond motifs is 1. The standard InChI is InChI=1S/C14H11NO.C7H6ClNO2/c15-10-12-8-7-11(4-3-9-16)13-5-1-2-6-14(12)13;8-5-3-4(7(9)11)1-2-6(5)10/h1-2,5-8,10,15-16H,9H2;1-3,10H,(H2,9,11). The second kappa shape index (κ2) is 9.39. The summed E-state index contributed by atoms with van der Waals surface area (Å²) in [6.45, 7) is -0.138. The van der Waals surface area contributed by atoms with Crippen molar-refractivity contribution in [3.63, 3.8) is 0 Å². The van der Waals surface area contributed by atoms with E-state index in [0.29, 0.717) is 0 Å². The Morgan fingerprint density at radius 1 is 1.15 bits per heavy atom. The first-order valence-corrected chi connectivity index (χ1v) is 8.26. The molecular weight excluding hydrogens is 364 g/mol. The fourth-order valence-corrected chi connectivity index (χ4v) is 2.53. The lowest BCUT2D eigenvalue weighted by Gasteiger charge is -2.03. The molecule has 0 saturated heterocycles. The molecule has 1 amide bonds. The van der Waals surface area contributed by atoms with Crippen LogP contribution in [0.25, 0.3) is 10.8 Å². The summed E-state index contributed by atoms with van der Waals surface area (Å²) in [4.78, 5) is 10.5. The summed E-state index contributed by atoms with van der Waals surface area (Å²) < 4.78 is 0. The molecule has 3 rings (SSSR count). The lowest BCUT2D eigenvalue weighted by Crippen LogP contribution is -2.10. The molecule has 0 spiro atoms. The van der Waals surface area contributed by atoms with E-state index in [1.807, 2.05) is 36.4 Å². The summed E-state index contributed by atoms with van der Waals surface area (Å²) in [5.74, 6) is 4.93. The summed E-state index contributed by atoms with van der Waals surface area (Å²) in [6, 6.07) is 15.6. The van der Waals surface area contributed by atoms with Gasteiger partial charge in [-0.25, -0.2) is 0 Å². The Hall–Kier alpha value is -3.33. The van der Waals surface area contributed by atoms with E-state index in [9.17, 15) is 4.79 Å². The molecule has 0 aliphatic heterocycles. The fraction of sp³-hybridized carbons (Fsp3) is 0.0476. The first-order chi connectivity index (χ1) is 13.0. The second-order valence-electron chi connectivity index (χ2n) is 5.38. The first-order valence-electron chi connectivity index (χ1n) is 7.88. The monoisotopic (exact) mass is 380 g/mol. The minimum Gasteiger partial charge on any atom is -0.506 e. The maximum atomic E-state index is 10.5. The minimum atomic E-state index is -0.563. The number of aliphatic hydroxyl groups excluding tert-OH is 1. The third-order valence-electron chi connectivity index (χ3n) is 3.65. The quantitative estimate of drug-likeness (QED) is 0.404. The van der Waals surface area contributed by atoms with E-state index in [2.05, 4.69) is 11.8 Å². The Bertz CT molecular complexity index is 1050. The summed E-state index contributed by atoms with van der Waals surface area (Å²) in [5, 5.41) is 27.1. The smallest absolute Gasteiger partial charge is 0.248 e. The SMILES string of the molecule is N=Cc1ccc(C#CCO)c2ccccc12.NC(=O)c1ccc(O)c(Cl)c1. The van der Waals surface area contributed by atoms with E-state index in [-0.39, 0.29) is 22.9 Å². The molecule has 0 aromatic heterocycles. The molecule has 0 radical (unpaired) electrons. The Kier molecular flexibility index (Phi) is 6.95. The lowest BCUT2D eigenvalue weighted by atomic mass is 10.0. The van der Waals surface area contributed by atoms with Gasteiger partial charge in [0.25, 0.3) is 0 Å². The van der Waals surface area contributed by atoms with Crippen molar-refractivity contribution in [1.29, 1.82) is 5.41 Å². The maximum absolute atomic E-state index is 10.5. The van der Waals surface area contributed by atoms with Crippen molar-refractivity contribution in [2.45, 2.75) is 0 Å². The highest BCUT2D eigenvalue weighted by molar-refractivity contribution is 6.32. The Balaban J connectivity index is 0.000000208. The molecule has 5 nitrogen and oxygen atoms in total. The summed E-state index contributed by atoms with van der Waals surface area (Å²) in [6.07, 6.45) is 1.34. The molecular formula is C21H17ClN2O3. The Labute approximate surface area is 161 Å². The molecule has 0 saturated carbocycles. The van der Waals surface area contributed by atoms with Crippen LogP contribution in [0.3, 0.4) is 0 Å². The molecule has 0 fully saturated rings. The van der Waals surface area contributed by atoms with Crippen molar-refractivity contribution in [2.24, 2.45) is 5.73 Å². The molecule has 0 aliphatic carbocycles. The first kappa shape index (κ1) is 20.0. The van der Waals surface area contributed by atoms with Crippen molar-refractivity contribution in [2.75, 3.05) is 6.61 Å². The number of aliphatic hydroxyl groups is 1. The van der Waals surface area contributed by atoms with Gasteiger partial charge >= 0.3 is 0 Å². The molecule has 27 heavy (non-hydrogen) atoms. The number of carbonyl (C=O) groups is 1. The Morgan fingerprint density at radius 3 is 2.44 bits per heavy atom. The molecule has 136 valence electrons. The van der Waals surface area contributed by atoms with Gasteiger partial charge in [-0.2, -0.15) is 0 Å². The second-order valence-corrected chi connectivity index (χ2v) is 5.79. The van der Waals surface area contributed by atoms with Crippen LogP contribution in [-0.2, 0) is 0 Å². The van der Waals surface area contributed by atoms with Crippen molar-refractivity contribution in [3.8, 4) is 17.6 Å². The highest BCUT2D eigenvalue weighted by atomic mass is 35.5. The van der Waals surface area contributed by atoms with E-state index >= 15 is 0 Å². The predicted molar refractivity (Wildman–Crippen MR) is 107 cm³/mol. The summed E-state index contributed by atoms with van der Waals surface area (Å²) >= 11 is 5.50. The van der Waals surface area contributed by atoms with Crippen molar-refractivity contribution >= 4 is 34.5 Å². The van der Waals surface area contributed by atoms with Crippen LogP contribution < -0.4 is 5.73 Å². The van der Waals surface area contributed by atoms with Gasteiger partial charge in [-0.05, 0) is 40.6 Å². The molecule has 3 aromatic rings. The van der Waals surface area contributed by atoms with Crippen LogP contribution in [0.5, 0.6) is 5.75 Å². The van der Waals surface area contributed by atoms with Gasteiger partial charge in [0, 0.05) is 17.3 Å². The number of phenols is 1. The van der Waals surface area contributed by atoms with Gasteiger partial charge in [0.1, 0.15) is 12.4 Å². The van der Waals surface area contributed by atoms with Crippen LogP contribution in [0.2, 0.25) is 5.02 Å². The normalized spacial score (nSPS) is 9.56. The van der Waals surface area contributed by atoms with E-state index in [1.165, 1.54) is 24.4 Å². The molecule has 5 N–H and O–H groups in total. The largest absolute Gasteiger partial charge is 0.506 e. The van der Waals surface area contributed by atoms with Gasteiger partial charge in [0.15, 0.2) is 0 Å². The van der Waals surface area contributed by atoms with Crippen molar-refractivity contribution < 1.29 is 15.0 Å². The van der Waals surface area contributed by atoms with Gasteiger partial charge in [-0.3, -0.25) is 4.79 Å². The van der Waals surface area contributed by atoms with Crippen LogP contribution in [0.15, 0.2) is 54.6 Å². The topological polar surface area (TPSA) is 107 Å². The number of hydrogen-bond donors (Lipinski definition) is 4. The van der Waals surface area contributed by atoms with Gasteiger partial charge in [-0.15, -0.1) is 0 Å². The zero-order valence-corrected chi connectivity index (χ0v) is 15.0.